The number of hydrogen-bond donors (Lipinski definition) is 0. The van der Waals surface area contributed by atoms with Gasteiger partial charge in [-0.25, -0.2) is 0 Å². The third-order valence-electron chi connectivity index (χ3n) is 5.31. The smallest absolute Gasteiger partial charge is 0.286 e. The van der Waals surface area contributed by atoms with E-state index >= 15 is 0 Å². The highest BCUT2D eigenvalue weighted by atomic mass is 79.9. The molecule has 0 spiro atoms. The first kappa shape index (κ1) is 20.2. The number of furan rings is 1. The summed E-state index contributed by atoms with van der Waals surface area (Å²) < 4.78 is 6.96. The first-order valence-electron chi connectivity index (χ1n) is 10.1. The van der Waals surface area contributed by atoms with Crippen LogP contribution in [-0.4, -0.2) is 42.2 Å². The van der Waals surface area contributed by atoms with Crippen LogP contribution in [0.3, 0.4) is 0 Å². The zero-order chi connectivity index (χ0) is 21.2. The van der Waals surface area contributed by atoms with Crippen LogP contribution in [0.5, 0.6) is 0 Å². The maximum Gasteiger partial charge on any atom is 0.286 e. The number of carbonyl (C=O) groups is 1. The van der Waals surface area contributed by atoms with E-state index in [2.05, 4.69) is 55.0 Å². The van der Waals surface area contributed by atoms with Gasteiger partial charge in [-0.2, -0.15) is 4.99 Å². The van der Waals surface area contributed by atoms with Crippen molar-refractivity contribution in [1.29, 1.82) is 0 Å². The Labute approximate surface area is 193 Å². The van der Waals surface area contributed by atoms with Gasteiger partial charge >= 0.3 is 0 Å². The van der Waals surface area contributed by atoms with E-state index in [-0.39, 0.29) is 5.91 Å². The number of hydrogen-bond acceptors (Lipinski definition) is 5. The Morgan fingerprint density at radius 1 is 0.903 bits per heavy atom. The van der Waals surface area contributed by atoms with Gasteiger partial charge in [-0.3, -0.25) is 4.79 Å². The summed E-state index contributed by atoms with van der Waals surface area (Å²) in [5.74, 6) is 1.22. The summed E-state index contributed by atoms with van der Waals surface area (Å²) in [7, 11) is 0. The Morgan fingerprint density at radius 3 is 2.35 bits per heavy atom. The molecule has 0 saturated carbocycles. The van der Waals surface area contributed by atoms with Crippen LogP contribution >= 0.6 is 27.7 Å². The number of carbonyl (C=O) groups excluding carboxylic acids is 1. The third kappa shape index (κ3) is 4.48. The standard InChI is InChI=1S/C24H20BrN3O2S/c25-18-8-6-17(7-9-18)21-11-10-20(30-21)16-22-23(29)26-24(31-22)28-14-12-27(13-15-28)19-4-2-1-3-5-19/h1-11,16H,12-15H2/b22-16-. The van der Waals surface area contributed by atoms with Crippen molar-refractivity contribution in [3.8, 4) is 11.3 Å². The molecular formula is C24H20BrN3O2S. The molecule has 3 aromatic rings. The highest BCUT2D eigenvalue weighted by molar-refractivity contribution is 9.10. The molecule has 2 aromatic carbocycles. The summed E-state index contributed by atoms with van der Waals surface area (Å²) in [5.41, 5.74) is 2.23. The number of amidine groups is 1. The van der Waals surface area contributed by atoms with E-state index in [4.69, 9.17) is 4.42 Å². The molecule has 2 aliphatic rings. The number of piperazine rings is 1. The maximum absolute atomic E-state index is 12.5. The summed E-state index contributed by atoms with van der Waals surface area (Å²) in [4.78, 5) is 21.9. The average Bonchev–Trinajstić information content (AvgIpc) is 3.42. The van der Waals surface area contributed by atoms with E-state index in [1.54, 1.807) is 6.08 Å². The van der Waals surface area contributed by atoms with Crippen LogP contribution in [0.1, 0.15) is 5.76 Å². The number of benzene rings is 2. The quantitative estimate of drug-likeness (QED) is 0.450. The van der Waals surface area contributed by atoms with Crippen molar-refractivity contribution in [3.63, 3.8) is 0 Å². The number of halogens is 1. The van der Waals surface area contributed by atoms with Gasteiger partial charge in [-0.15, -0.1) is 0 Å². The number of aliphatic imine (C=N–C) groups is 1. The fourth-order valence-electron chi connectivity index (χ4n) is 3.66. The highest BCUT2D eigenvalue weighted by Gasteiger charge is 2.28. The van der Waals surface area contributed by atoms with Gasteiger partial charge in [0.15, 0.2) is 5.17 Å². The van der Waals surface area contributed by atoms with Crippen LogP contribution < -0.4 is 4.90 Å². The number of anilines is 1. The Hall–Kier alpha value is -2.77. The minimum absolute atomic E-state index is 0.202. The third-order valence-corrected chi connectivity index (χ3v) is 6.88. The van der Waals surface area contributed by atoms with Crippen LogP contribution in [0.4, 0.5) is 5.69 Å². The van der Waals surface area contributed by atoms with Gasteiger partial charge in [0, 0.05) is 48.0 Å². The van der Waals surface area contributed by atoms with Crippen molar-refractivity contribution in [2.75, 3.05) is 31.1 Å². The summed E-state index contributed by atoms with van der Waals surface area (Å²) in [5, 5.41) is 0.781. The van der Waals surface area contributed by atoms with Gasteiger partial charge < -0.3 is 14.2 Å². The van der Waals surface area contributed by atoms with E-state index < -0.39 is 0 Å². The lowest BCUT2D eigenvalue weighted by molar-refractivity contribution is -0.113. The topological polar surface area (TPSA) is 49.1 Å². The number of thioether (sulfide) groups is 1. The molecular weight excluding hydrogens is 474 g/mol. The molecule has 0 radical (unpaired) electrons. The normalized spacial score (nSPS) is 18.0. The van der Waals surface area contributed by atoms with Crippen LogP contribution in [0.25, 0.3) is 17.4 Å². The minimum atomic E-state index is -0.202. The summed E-state index contributed by atoms with van der Waals surface area (Å²) in [6.07, 6.45) is 1.78. The molecule has 1 saturated heterocycles. The van der Waals surface area contributed by atoms with Gasteiger partial charge in [0.1, 0.15) is 11.5 Å². The predicted octanol–water partition coefficient (Wildman–Crippen LogP) is 5.50. The molecule has 31 heavy (non-hydrogen) atoms. The second-order valence-electron chi connectivity index (χ2n) is 7.33. The van der Waals surface area contributed by atoms with Crippen LogP contribution in [0.15, 0.2) is 85.5 Å². The first-order valence-corrected chi connectivity index (χ1v) is 11.7. The molecule has 156 valence electrons. The van der Waals surface area contributed by atoms with E-state index in [1.165, 1.54) is 17.4 Å². The average molecular weight is 494 g/mol. The van der Waals surface area contributed by atoms with Crippen molar-refractivity contribution < 1.29 is 9.21 Å². The van der Waals surface area contributed by atoms with Gasteiger partial charge in [0.05, 0.1) is 4.91 Å². The lowest BCUT2D eigenvalue weighted by atomic mass is 10.2. The van der Waals surface area contributed by atoms with Crippen molar-refractivity contribution in [3.05, 3.63) is 81.9 Å². The molecule has 0 aliphatic carbocycles. The Morgan fingerprint density at radius 2 is 1.61 bits per heavy atom. The number of rotatable bonds is 3. The minimum Gasteiger partial charge on any atom is -0.457 e. The van der Waals surface area contributed by atoms with Crippen molar-refractivity contribution in [2.45, 2.75) is 0 Å². The molecule has 0 atom stereocenters. The molecule has 5 nitrogen and oxygen atoms in total. The Kier molecular flexibility index (Phi) is 5.70. The molecule has 1 amide bonds. The predicted molar refractivity (Wildman–Crippen MR) is 130 cm³/mol. The van der Waals surface area contributed by atoms with Gasteiger partial charge in [-0.05, 0) is 48.2 Å². The maximum atomic E-state index is 12.5. The van der Waals surface area contributed by atoms with Crippen LogP contribution in [-0.2, 0) is 4.79 Å². The molecule has 2 aliphatic heterocycles. The zero-order valence-corrected chi connectivity index (χ0v) is 19.1. The second-order valence-corrected chi connectivity index (χ2v) is 9.25. The molecule has 0 N–H and O–H groups in total. The lowest BCUT2D eigenvalue weighted by Gasteiger charge is -2.36. The molecule has 5 rings (SSSR count). The molecule has 1 fully saturated rings. The van der Waals surface area contributed by atoms with E-state index in [9.17, 15) is 4.79 Å². The van der Waals surface area contributed by atoms with Crippen molar-refractivity contribution in [2.24, 2.45) is 4.99 Å². The molecule has 7 heteroatoms. The molecule has 3 heterocycles. The van der Waals surface area contributed by atoms with Gasteiger partial charge in [-0.1, -0.05) is 46.3 Å². The monoisotopic (exact) mass is 493 g/mol. The van der Waals surface area contributed by atoms with Crippen molar-refractivity contribution in [1.82, 2.24) is 4.90 Å². The summed E-state index contributed by atoms with van der Waals surface area (Å²) in [6.45, 7) is 3.50. The summed E-state index contributed by atoms with van der Waals surface area (Å²) in [6, 6.07) is 22.2. The van der Waals surface area contributed by atoms with Crippen LogP contribution in [0.2, 0.25) is 0 Å². The van der Waals surface area contributed by atoms with E-state index in [0.29, 0.717) is 10.7 Å². The number of amides is 1. The first-order chi connectivity index (χ1) is 15.2. The number of nitrogens with zero attached hydrogens (tertiary/aromatic N) is 3. The van der Waals surface area contributed by atoms with E-state index in [0.717, 1.165) is 47.1 Å². The fraction of sp³-hybridized carbons (Fsp3) is 0.167. The lowest BCUT2D eigenvalue weighted by Crippen LogP contribution is -2.47. The Balaban J connectivity index is 1.23. The largest absolute Gasteiger partial charge is 0.457 e. The fourth-order valence-corrected chi connectivity index (χ4v) is 4.87. The van der Waals surface area contributed by atoms with Crippen LogP contribution in [0, 0.1) is 0 Å². The van der Waals surface area contributed by atoms with Crippen molar-refractivity contribution >= 4 is 50.5 Å². The molecule has 1 aromatic heterocycles. The SMILES string of the molecule is O=C1N=C(N2CCN(c3ccccc3)CC2)S/C1=C\c1ccc(-c2ccc(Br)cc2)o1. The van der Waals surface area contributed by atoms with Gasteiger partial charge in [0.2, 0.25) is 0 Å². The highest BCUT2D eigenvalue weighted by Crippen LogP contribution is 2.32. The van der Waals surface area contributed by atoms with Gasteiger partial charge in [0.25, 0.3) is 5.91 Å². The second kappa shape index (κ2) is 8.77. The summed E-state index contributed by atoms with van der Waals surface area (Å²) >= 11 is 4.87. The molecule has 0 unspecified atom stereocenters. The number of para-hydroxylation sites is 1. The Bertz CT molecular complexity index is 1150. The molecule has 0 bridgehead atoms. The zero-order valence-electron chi connectivity index (χ0n) is 16.7. The van der Waals surface area contributed by atoms with E-state index in [1.807, 2.05) is 42.5 Å².